The van der Waals surface area contributed by atoms with Crippen LogP contribution in [-0.4, -0.2) is 41.7 Å². The zero-order valence-electron chi connectivity index (χ0n) is 20.9. The SMILES string of the molecule is O=C1NCC2C3Cc4cc(CSc5ccccn5)ccc4N(CCCO)C3C3Cc4ccccc4C3C12. The minimum atomic E-state index is 0.0686. The molecule has 37 heavy (non-hydrogen) atoms. The summed E-state index contributed by atoms with van der Waals surface area (Å²) in [5.74, 6) is 2.71. The van der Waals surface area contributed by atoms with Crippen molar-refractivity contribution in [2.45, 2.75) is 42.0 Å². The van der Waals surface area contributed by atoms with Crippen molar-refractivity contribution in [3.05, 3.63) is 89.1 Å². The molecule has 1 amide bonds. The fraction of sp³-hybridized carbons (Fsp3) is 0.419. The molecule has 7 rings (SSSR count). The molecule has 2 fully saturated rings. The van der Waals surface area contributed by atoms with E-state index in [9.17, 15) is 9.90 Å². The van der Waals surface area contributed by atoms with Gasteiger partial charge in [-0.25, -0.2) is 4.98 Å². The van der Waals surface area contributed by atoms with Crippen LogP contribution in [0.1, 0.15) is 34.6 Å². The van der Waals surface area contributed by atoms with Gasteiger partial charge in [-0.2, -0.15) is 0 Å². The van der Waals surface area contributed by atoms with Gasteiger partial charge in [0.1, 0.15) is 0 Å². The number of rotatable bonds is 6. The van der Waals surface area contributed by atoms with Crippen LogP contribution < -0.4 is 10.2 Å². The van der Waals surface area contributed by atoms with Crippen molar-refractivity contribution in [3.63, 3.8) is 0 Å². The van der Waals surface area contributed by atoms with Gasteiger partial charge in [0.25, 0.3) is 0 Å². The summed E-state index contributed by atoms with van der Waals surface area (Å²) < 4.78 is 0. The van der Waals surface area contributed by atoms with Crippen LogP contribution >= 0.6 is 11.8 Å². The molecule has 2 aromatic carbocycles. The number of thioether (sulfide) groups is 1. The summed E-state index contributed by atoms with van der Waals surface area (Å²) in [6, 6.07) is 22.2. The first-order valence-corrected chi connectivity index (χ1v) is 14.6. The summed E-state index contributed by atoms with van der Waals surface area (Å²) in [5.41, 5.74) is 6.85. The molecule has 1 saturated heterocycles. The number of nitrogens with zero attached hydrogens (tertiary/aromatic N) is 2. The average Bonchev–Trinajstić information content (AvgIpc) is 3.51. The lowest BCUT2D eigenvalue weighted by atomic mass is 9.57. The van der Waals surface area contributed by atoms with Crippen LogP contribution in [0.5, 0.6) is 0 Å². The van der Waals surface area contributed by atoms with E-state index in [-0.39, 0.29) is 24.3 Å². The lowest BCUT2D eigenvalue weighted by Crippen LogP contribution is -2.58. The number of hydrogen-bond donors (Lipinski definition) is 2. The van der Waals surface area contributed by atoms with Crippen molar-refractivity contribution in [2.24, 2.45) is 23.7 Å². The van der Waals surface area contributed by atoms with Crippen molar-refractivity contribution < 1.29 is 9.90 Å². The molecule has 4 aliphatic rings. The van der Waals surface area contributed by atoms with Gasteiger partial charge in [0, 0.05) is 55.2 Å². The molecule has 5 nitrogen and oxygen atoms in total. The van der Waals surface area contributed by atoms with E-state index in [1.165, 1.54) is 27.9 Å². The number of anilines is 1. The molecule has 0 radical (unpaired) electrons. The van der Waals surface area contributed by atoms with E-state index in [4.69, 9.17) is 0 Å². The Hall–Kier alpha value is -2.83. The second-order valence-electron chi connectivity index (χ2n) is 11.1. The number of hydrogen-bond acceptors (Lipinski definition) is 5. The van der Waals surface area contributed by atoms with E-state index < -0.39 is 0 Å². The molecule has 3 aromatic rings. The van der Waals surface area contributed by atoms with Crippen LogP contribution in [-0.2, 0) is 23.4 Å². The molecule has 6 atom stereocenters. The molecule has 2 N–H and O–H groups in total. The molecule has 1 aromatic heterocycles. The number of carbonyl (C=O) groups excluding carboxylic acids is 1. The van der Waals surface area contributed by atoms with Crippen LogP contribution in [0.4, 0.5) is 5.69 Å². The van der Waals surface area contributed by atoms with Crippen molar-refractivity contribution in [1.82, 2.24) is 10.3 Å². The van der Waals surface area contributed by atoms with Gasteiger partial charge < -0.3 is 15.3 Å². The van der Waals surface area contributed by atoms with Crippen LogP contribution in [0.3, 0.4) is 0 Å². The van der Waals surface area contributed by atoms with Crippen LogP contribution in [0.25, 0.3) is 0 Å². The Kier molecular flexibility index (Phi) is 5.97. The second kappa shape index (κ2) is 9.48. The van der Waals surface area contributed by atoms with Gasteiger partial charge in [0.2, 0.25) is 5.91 Å². The normalized spacial score (nSPS) is 29.1. The minimum absolute atomic E-state index is 0.0686. The molecular formula is C31H33N3O2S. The summed E-state index contributed by atoms with van der Waals surface area (Å²) in [6.45, 7) is 1.84. The molecule has 2 aliphatic heterocycles. The molecular weight excluding hydrogens is 478 g/mol. The molecule has 0 spiro atoms. The smallest absolute Gasteiger partial charge is 0.224 e. The molecule has 6 unspecified atom stereocenters. The third-order valence-corrected chi connectivity index (χ3v) is 10.3. The van der Waals surface area contributed by atoms with Gasteiger partial charge in [-0.05, 0) is 77.5 Å². The number of aliphatic hydroxyl groups excluding tert-OH is 1. The first-order chi connectivity index (χ1) is 18.2. The Bertz CT molecular complexity index is 1310. The topological polar surface area (TPSA) is 65.5 Å². The van der Waals surface area contributed by atoms with Crippen LogP contribution in [0, 0.1) is 23.7 Å². The lowest BCUT2D eigenvalue weighted by molar-refractivity contribution is -0.125. The Morgan fingerprint density at radius 1 is 0.973 bits per heavy atom. The van der Waals surface area contributed by atoms with E-state index in [1.807, 2.05) is 18.3 Å². The maximum atomic E-state index is 13.2. The van der Waals surface area contributed by atoms with E-state index in [1.54, 1.807) is 11.8 Å². The quantitative estimate of drug-likeness (QED) is 0.479. The molecule has 3 heterocycles. The van der Waals surface area contributed by atoms with Gasteiger partial charge in [0.15, 0.2) is 0 Å². The number of aromatic nitrogens is 1. The van der Waals surface area contributed by atoms with Crippen molar-refractivity contribution >= 4 is 23.4 Å². The molecule has 6 heteroatoms. The van der Waals surface area contributed by atoms with E-state index in [0.717, 1.165) is 43.1 Å². The van der Waals surface area contributed by atoms with Crippen LogP contribution in [0.2, 0.25) is 0 Å². The fourth-order valence-corrected chi connectivity index (χ4v) is 8.75. The summed E-state index contributed by atoms with van der Waals surface area (Å²) in [5, 5.41) is 14.1. The van der Waals surface area contributed by atoms with Crippen molar-refractivity contribution in [2.75, 3.05) is 24.6 Å². The Balaban J connectivity index is 1.26. The monoisotopic (exact) mass is 511 g/mol. The maximum Gasteiger partial charge on any atom is 0.224 e. The predicted octanol–water partition coefficient (Wildman–Crippen LogP) is 4.44. The van der Waals surface area contributed by atoms with Crippen molar-refractivity contribution in [1.29, 1.82) is 0 Å². The summed E-state index contributed by atoms with van der Waals surface area (Å²) >= 11 is 1.77. The highest BCUT2D eigenvalue weighted by Crippen LogP contribution is 2.58. The highest BCUT2D eigenvalue weighted by atomic mass is 32.2. The third kappa shape index (κ3) is 3.88. The van der Waals surface area contributed by atoms with E-state index in [2.05, 4.69) is 63.7 Å². The number of pyridine rings is 1. The Morgan fingerprint density at radius 2 is 1.84 bits per heavy atom. The largest absolute Gasteiger partial charge is 0.396 e. The molecule has 0 bridgehead atoms. The average molecular weight is 512 g/mol. The van der Waals surface area contributed by atoms with Gasteiger partial charge in [0.05, 0.1) is 5.03 Å². The molecule has 2 aliphatic carbocycles. The highest BCUT2D eigenvalue weighted by molar-refractivity contribution is 7.98. The first-order valence-electron chi connectivity index (χ1n) is 13.6. The number of nitrogens with one attached hydrogen (secondary N) is 1. The van der Waals surface area contributed by atoms with E-state index in [0.29, 0.717) is 23.8 Å². The molecule has 190 valence electrons. The zero-order chi connectivity index (χ0) is 24.9. The fourth-order valence-electron chi connectivity index (χ4n) is 7.95. The second-order valence-corrected chi connectivity index (χ2v) is 12.1. The highest BCUT2D eigenvalue weighted by Gasteiger charge is 2.60. The number of benzene rings is 2. The summed E-state index contributed by atoms with van der Waals surface area (Å²) in [4.78, 5) is 20.3. The number of aliphatic hydroxyl groups is 1. The van der Waals surface area contributed by atoms with Gasteiger partial charge >= 0.3 is 0 Å². The van der Waals surface area contributed by atoms with Crippen LogP contribution in [0.15, 0.2) is 71.9 Å². The van der Waals surface area contributed by atoms with Gasteiger partial charge in [-0.3, -0.25) is 4.79 Å². The van der Waals surface area contributed by atoms with Gasteiger partial charge in [-0.15, -0.1) is 11.8 Å². The third-order valence-electron chi connectivity index (χ3n) is 9.27. The standard InChI is InChI=1S/C31H33N3O2S/c35-13-5-12-34-26-10-9-19(18-37-27-8-3-4-11-32-27)14-21(26)16-23-25-17-33-31(36)29(25)28-22-7-2-1-6-20(22)15-24(28)30(23)34/h1-4,6-11,14,23-25,28-30,35H,5,12-13,15-18H2,(H,33,36). The number of amides is 1. The number of fused-ring (bicyclic) bond motifs is 9. The summed E-state index contributed by atoms with van der Waals surface area (Å²) in [6.07, 6.45) is 4.67. The summed E-state index contributed by atoms with van der Waals surface area (Å²) in [7, 11) is 0. The Morgan fingerprint density at radius 3 is 2.70 bits per heavy atom. The lowest BCUT2D eigenvalue weighted by Gasteiger charge is -2.55. The minimum Gasteiger partial charge on any atom is -0.396 e. The maximum absolute atomic E-state index is 13.2. The zero-order valence-corrected chi connectivity index (χ0v) is 21.7. The van der Waals surface area contributed by atoms with E-state index >= 15 is 0 Å². The van der Waals surface area contributed by atoms with Gasteiger partial charge in [-0.1, -0.05) is 42.5 Å². The first kappa shape index (κ1) is 23.3. The Labute approximate surface area is 222 Å². The predicted molar refractivity (Wildman–Crippen MR) is 147 cm³/mol. The number of carbonyl (C=O) groups is 1. The molecule has 1 saturated carbocycles. The van der Waals surface area contributed by atoms with Crippen molar-refractivity contribution in [3.8, 4) is 0 Å².